The fraction of sp³-hybridized carbons (Fsp3) is 0.368. The molecule has 1 fully saturated rings. The molecule has 7 heteroatoms. The van der Waals surface area contributed by atoms with Crippen molar-refractivity contribution >= 4 is 15.7 Å². The summed E-state index contributed by atoms with van der Waals surface area (Å²) in [5, 5.41) is 0. The van der Waals surface area contributed by atoms with Gasteiger partial charge in [0.2, 0.25) is 10.0 Å². The van der Waals surface area contributed by atoms with E-state index in [1.807, 2.05) is 24.3 Å². The average Bonchev–Trinajstić information content (AvgIpc) is 2.67. The number of aryl methyl sites for hydroxylation is 1. The van der Waals surface area contributed by atoms with Crippen molar-refractivity contribution in [1.82, 2.24) is 4.31 Å². The van der Waals surface area contributed by atoms with Crippen molar-refractivity contribution in [2.75, 3.05) is 45.3 Å². The fourth-order valence-corrected chi connectivity index (χ4v) is 4.87. The standard InChI is InChI=1S/C19H24N2O4S/c1-15-14-16(24-2)8-9-19(15)26(22,23)21-12-10-20(11-13-21)17-6-4-5-7-18(17)25-3/h4-9,14H,10-13H2,1-3H3. The van der Waals surface area contributed by atoms with E-state index in [2.05, 4.69) is 4.90 Å². The minimum Gasteiger partial charge on any atom is -0.497 e. The monoisotopic (exact) mass is 376 g/mol. The number of nitrogens with zero attached hydrogens (tertiary/aromatic N) is 2. The Bertz CT molecular complexity index is 875. The fourth-order valence-electron chi connectivity index (χ4n) is 3.24. The molecule has 0 atom stereocenters. The molecule has 1 aliphatic rings. The number of piperazine rings is 1. The van der Waals surface area contributed by atoms with Crippen LogP contribution in [0.5, 0.6) is 11.5 Å². The van der Waals surface area contributed by atoms with Gasteiger partial charge in [-0.05, 0) is 42.8 Å². The molecule has 0 aliphatic carbocycles. The molecular weight excluding hydrogens is 352 g/mol. The van der Waals surface area contributed by atoms with Gasteiger partial charge in [-0.2, -0.15) is 4.31 Å². The van der Waals surface area contributed by atoms with Crippen LogP contribution in [0.2, 0.25) is 0 Å². The van der Waals surface area contributed by atoms with Gasteiger partial charge in [-0.25, -0.2) is 8.42 Å². The lowest BCUT2D eigenvalue weighted by atomic mass is 10.2. The lowest BCUT2D eigenvalue weighted by Gasteiger charge is -2.36. The highest BCUT2D eigenvalue weighted by atomic mass is 32.2. The first-order chi connectivity index (χ1) is 12.5. The maximum Gasteiger partial charge on any atom is 0.243 e. The van der Waals surface area contributed by atoms with Crippen molar-refractivity contribution in [3.8, 4) is 11.5 Å². The topological polar surface area (TPSA) is 59.1 Å². The second-order valence-corrected chi connectivity index (χ2v) is 8.10. The molecule has 0 saturated carbocycles. The van der Waals surface area contributed by atoms with E-state index in [0.717, 1.165) is 11.4 Å². The molecule has 0 amide bonds. The highest BCUT2D eigenvalue weighted by Crippen LogP contribution is 2.30. The smallest absolute Gasteiger partial charge is 0.243 e. The molecule has 3 rings (SSSR count). The molecule has 2 aromatic rings. The number of benzene rings is 2. The Kier molecular flexibility index (Phi) is 5.38. The molecule has 0 N–H and O–H groups in total. The Hall–Kier alpha value is -2.25. The van der Waals surface area contributed by atoms with E-state index in [-0.39, 0.29) is 0 Å². The third-order valence-electron chi connectivity index (χ3n) is 4.66. The van der Waals surface area contributed by atoms with Crippen molar-refractivity contribution in [2.24, 2.45) is 0 Å². The van der Waals surface area contributed by atoms with Crippen molar-refractivity contribution in [1.29, 1.82) is 0 Å². The third-order valence-corrected chi connectivity index (χ3v) is 6.72. The van der Waals surface area contributed by atoms with Crippen molar-refractivity contribution in [2.45, 2.75) is 11.8 Å². The zero-order chi connectivity index (χ0) is 18.7. The van der Waals surface area contributed by atoms with Crippen LogP contribution in [-0.4, -0.2) is 53.1 Å². The Morgan fingerprint density at radius 2 is 1.62 bits per heavy atom. The summed E-state index contributed by atoms with van der Waals surface area (Å²) in [7, 11) is -0.305. The molecule has 1 heterocycles. The summed E-state index contributed by atoms with van der Waals surface area (Å²) in [6.45, 7) is 3.90. The summed E-state index contributed by atoms with van der Waals surface area (Å²) < 4.78 is 38.2. The van der Waals surface area contributed by atoms with Gasteiger partial charge in [0.1, 0.15) is 11.5 Å². The molecule has 0 aromatic heterocycles. The predicted molar refractivity (Wildman–Crippen MR) is 102 cm³/mol. The van der Waals surface area contributed by atoms with E-state index in [4.69, 9.17) is 9.47 Å². The van der Waals surface area contributed by atoms with Crippen LogP contribution in [0.1, 0.15) is 5.56 Å². The Morgan fingerprint density at radius 1 is 0.923 bits per heavy atom. The lowest BCUT2D eigenvalue weighted by Crippen LogP contribution is -2.48. The molecule has 0 spiro atoms. The first-order valence-corrected chi connectivity index (χ1v) is 9.94. The zero-order valence-electron chi connectivity index (χ0n) is 15.3. The van der Waals surface area contributed by atoms with E-state index in [1.165, 1.54) is 0 Å². The Morgan fingerprint density at radius 3 is 2.23 bits per heavy atom. The normalized spacial score (nSPS) is 15.7. The van der Waals surface area contributed by atoms with Crippen LogP contribution in [0.3, 0.4) is 0 Å². The van der Waals surface area contributed by atoms with Gasteiger partial charge in [0.15, 0.2) is 0 Å². The highest BCUT2D eigenvalue weighted by molar-refractivity contribution is 7.89. The van der Waals surface area contributed by atoms with Gasteiger partial charge in [0.05, 0.1) is 24.8 Å². The molecule has 1 saturated heterocycles. The van der Waals surface area contributed by atoms with Crippen LogP contribution in [0, 0.1) is 6.92 Å². The van der Waals surface area contributed by atoms with Crippen LogP contribution in [0.25, 0.3) is 0 Å². The summed E-state index contributed by atoms with van der Waals surface area (Å²) in [5.41, 5.74) is 1.68. The van der Waals surface area contributed by atoms with E-state index < -0.39 is 10.0 Å². The first-order valence-electron chi connectivity index (χ1n) is 8.50. The second kappa shape index (κ2) is 7.55. The number of methoxy groups -OCH3 is 2. The average molecular weight is 376 g/mol. The van der Waals surface area contributed by atoms with Crippen LogP contribution >= 0.6 is 0 Å². The molecule has 26 heavy (non-hydrogen) atoms. The van der Waals surface area contributed by atoms with Crippen LogP contribution in [-0.2, 0) is 10.0 Å². The van der Waals surface area contributed by atoms with Gasteiger partial charge >= 0.3 is 0 Å². The Balaban J connectivity index is 1.77. The molecule has 0 radical (unpaired) electrons. The third kappa shape index (κ3) is 3.50. The van der Waals surface area contributed by atoms with Gasteiger partial charge < -0.3 is 14.4 Å². The van der Waals surface area contributed by atoms with E-state index in [0.29, 0.717) is 42.4 Å². The van der Waals surface area contributed by atoms with Gasteiger partial charge in [0, 0.05) is 26.2 Å². The number of hydrogen-bond acceptors (Lipinski definition) is 5. The SMILES string of the molecule is COc1ccc(S(=O)(=O)N2CCN(c3ccccc3OC)CC2)c(C)c1. The number of anilines is 1. The van der Waals surface area contributed by atoms with Crippen LogP contribution < -0.4 is 14.4 Å². The van der Waals surface area contributed by atoms with E-state index >= 15 is 0 Å². The molecule has 0 unspecified atom stereocenters. The minimum atomic E-state index is -3.52. The molecular formula is C19H24N2O4S. The number of hydrogen-bond donors (Lipinski definition) is 0. The quantitative estimate of drug-likeness (QED) is 0.803. The van der Waals surface area contributed by atoms with Crippen molar-refractivity contribution in [3.63, 3.8) is 0 Å². The van der Waals surface area contributed by atoms with Crippen molar-refractivity contribution in [3.05, 3.63) is 48.0 Å². The zero-order valence-corrected chi connectivity index (χ0v) is 16.1. The highest BCUT2D eigenvalue weighted by Gasteiger charge is 2.30. The Labute approximate surface area is 155 Å². The van der Waals surface area contributed by atoms with Crippen LogP contribution in [0.15, 0.2) is 47.4 Å². The van der Waals surface area contributed by atoms with Gasteiger partial charge in [-0.3, -0.25) is 0 Å². The molecule has 1 aliphatic heterocycles. The molecule has 2 aromatic carbocycles. The minimum absolute atomic E-state index is 0.337. The number of sulfonamides is 1. The van der Waals surface area contributed by atoms with Crippen molar-refractivity contribution < 1.29 is 17.9 Å². The second-order valence-electron chi connectivity index (χ2n) is 6.19. The summed E-state index contributed by atoms with van der Waals surface area (Å²) in [6, 6.07) is 12.9. The van der Waals surface area contributed by atoms with E-state index in [1.54, 1.807) is 43.6 Å². The molecule has 140 valence electrons. The van der Waals surface area contributed by atoms with E-state index in [9.17, 15) is 8.42 Å². The lowest BCUT2D eigenvalue weighted by molar-refractivity contribution is 0.378. The predicted octanol–water partition coefficient (Wildman–Crippen LogP) is 2.52. The molecule has 0 bridgehead atoms. The maximum atomic E-state index is 13.0. The number of rotatable bonds is 5. The summed E-state index contributed by atoms with van der Waals surface area (Å²) in [6.07, 6.45) is 0. The summed E-state index contributed by atoms with van der Waals surface area (Å²) in [4.78, 5) is 2.50. The maximum absolute atomic E-state index is 13.0. The number of ether oxygens (including phenoxy) is 2. The number of para-hydroxylation sites is 2. The first kappa shape index (κ1) is 18.5. The molecule has 6 nitrogen and oxygen atoms in total. The van der Waals surface area contributed by atoms with Crippen LogP contribution in [0.4, 0.5) is 5.69 Å². The van der Waals surface area contributed by atoms with Gasteiger partial charge in [-0.1, -0.05) is 12.1 Å². The van der Waals surface area contributed by atoms with Gasteiger partial charge in [0.25, 0.3) is 0 Å². The van der Waals surface area contributed by atoms with Gasteiger partial charge in [-0.15, -0.1) is 0 Å². The largest absolute Gasteiger partial charge is 0.497 e. The summed E-state index contributed by atoms with van der Waals surface area (Å²) >= 11 is 0. The summed E-state index contributed by atoms with van der Waals surface area (Å²) in [5.74, 6) is 1.46.